The molecule has 6 heteroatoms. The summed E-state index contributed by atoms with van der Waals surface area (Å²) in [5, 5.41) is 7.08. The monoisotopic (exact) mass is 349 g/mol. The molecule has 0 atom stereocenters. The lowest BCUT2D eigenvalue weighted by molar-refractivity contribution is -0.895. The van der Waals surface area contributed by atoms with Crippen LogP contribution in [0.25, 0.3) is 0 Å². The number of hydrogen-bond acceptors (Lipinski definition) is 2. The Morgan fingerprint density at radius 3 is 2.33 bits per heavy atom. The molecule has 1 amide bonds. The molecule has 3 N–H and O–H groups in total. The highest BCUT2D eigenvalue weighted by atomic mass is 32.1. The molecule has 1 aromatic carbocycles. The number of carbonyl (C=O) groups is 1. The molecule has 0 saturated carbocycles. The second kappa shape index (κ2) is 7.94. The van der Waals surface area contributed by atoms with Crippen LogP contribution in [0, 0.1) is 6.92 Å². The second-order valence-electron chi connectivity index (χ2n) is 7.51. The van der Waals surface area contributed by atoms with Crippen LogP contribution in [0.1, 0.15) is 26.3 Å². The second-order valence-corrected chi connectivity index (χ2v) is 7.89. The fourth-order valence-corrected chi connectivity index (χ4v) is 3.03. The molecule has 1 fully saturated rings. The van der Waals surface area contributed by atoms with Gasteiger partial charge in [-0.05, 0) is 52.0 Å². The van der Waals surface area contributed by atoms with Crippen molar-refractivity contribution in [1.82, 2.24) is 10.2 Å². The summed E-state index contributed by atoms with van der Waals surface area (Å²) < 4.78 is 0. The molecule has 0 radical (unpaired) electrons. The molecule has 0 unspecified atom stereocenters. The van der Waals surface area contributed by atoms with E-state index in [2.05, 4.69) is 34.6 Å². The number of rotatable bonds is 3. The molecule has 24 heavy (non-hydrogen) atoms. The summed E-state index contributed by atoms with van der Waals surface area (Å²) in [5.74, 6) is 0.117. The number of amides is 1. The molecule has 1 aliphatic heterocycles. The molecule has 1 saturated heterocycles. The summed E-state index contributed by atoms with van der Waals surface area (Å²) in [6.45, 7) is 12.2. The van der Waals surface area contributed by atoms with Crippen molar-refractivity contribution in [3.05, 3.63) is 29.8 Å². The highest BCUT2D eigenvalue weighted by Crippen LogP contribution is 2.09. The minimum absolute atomic E-state index is 0.117. The van der Waals surface area contributed by atoms with Crippen LogP contribution in [-0.4, -0.2) is 54.2 Å². The van der Waals surface area contributed by atoms with E-state index >= 15 is 0 Å². The smallest absolute Gasteiger partial charge is 0.275 e. The van der Waals surface area contributed by atoms with Crippen molar-refractivity contribution in [3.8, 4) is 0 Å². The van der Waals surface area contributed by atoms with Crippen LogP contribution in [0.5, 0.6) is 0 Å². The Bertz CT molecular complexity index is 572. The Labute approximate surface area is 150 Å². The van der Waals surface area contributed by atoms with Gasteiger partial charge in [-0.1, -0.05) is 17.7 Å². The van der Waals surface area contributed by atoms with E-state index in [0.29, 0.717) is 6.54 Å². The molecule has 5 nitrogen and oxygen atoms in total. The van der Waals surface area contributed by atoms with Crippen molar-refractivity contribution in [2.45, 2.75) is 33.2 Å². The molecular formula is C18H29N4OS+. The van der Waals surface area contributed by atoms with Gasteiger partial charge in [0.1, 0.15) is 0 Å². The summed E-state index contributed by atoms with van der Waals surface area (Å²) in [6.07, 6.45) is 0. The van der Waals surface area contributed by atoms with E-state index in [1.165, 1.54) is 10.5 Å². The first-order valence-corrected chi connectivity index (χ1v) is 8.91. The fraction of sp³-hybridized carbons (Fsp3) is 0.556. The van der Waals surface area contributed by atoms with Gasteiger partial charge in [0.2, 0.25) is 0 Å². The highest BCUT2D eigenvalue weighted by Gasteiger charge is 2.25. The van der Waals surface area contributed by atoms with Gasteiger partial charge >= 0.3 is 0 Å². The van der Waals surface area contributed by atoms with Gasteiger partial charge < -0.3 is 20.4 Å². The van der Waals surface area contributed by atoms with E-state index in [1.54, 1.807) is 0 Å². The largest absolute Gasteiger partial charge is 0.347 e. The van der Waals surface area contributed by atoms with E-state index in [1.807, 2.05) is 32.9 Å². The van der Waals surface area contributed by atoms with Crippen LogP contribution in [-0.2, 0) is 4.79 Å². The van der Waals surface area contributed by atoms with Crippen LogP contribution < -0.4 is 15.5 Å². The number of nitrogens with zero attached hydrogens (tertiary/aromatic N) is 1. The van der Waals surface area contributed by atoms with Gasteiger partial charge in [0.15, 0.2) is 11.7 Å². The quantitative estimate of drug-likeness (QED) is 0.707. The van der Waals surface area contributed by atoms with Crippen molar-refractivity contribution < 1.29 is 9.69 Å². The van der Waals surface area contributed by atoms with Crippen LogP contribution in [0.3, 0.4) is 0 Å². The number of quaternary nitrogens is 1. The third-order valence-electron chi connectivity index (χ3n) is 3.99. The number of piperazine rings is 1. The lowest BCUT2D eigenvalue weighted by Crippen LogP contribution is -3.16. The topological polar surface area (TPSA) is 48.8 Å². The maximum Gasteiger partial charge on any atom is 0.275 e. The van der Waals surface area contributed by atoms with Crippen LogP contribution >= 0.6 is 12.2 Å². The molecule has 1 aromatic rings. The highest BCUT2D eigenvalue weighted by molar-refractivity contribution is 7.80. The SMILES string of the molecule is Cc1ccc(NC(=S)N2CC[NH+](CC(=O)NC(C)(C)C)CC2)cc1. The first kappa shape index (κ1) is 18.7. The number of anilines is 1. The predicted molar refractivity (Wildman–Crippen MR) is 102 cm³/mol. The lowest BCUT2D eigenvalue weighted by atomic mass is 10.1. The Morgan fingerprint density at radius 2 is 1.79 bits per heavy atom. The summed E-state index contributed by atoms with van der Waals surface area (Å²) in [7, 11) is 0. The third kappa shape index (κ3) is 6.09. The minimum atomic E-state index is -0.169. The normalized spacial score (nSPS) is 15.9. The Kier molecular flexibility index (Phi) is 6.18. The maximum atomic E-state index is 12.0. The summed E-state index contributed by atoms with van der Waals surface area (Å²) >= 11 is 5.51. The zero-order chi connectivity index (χ0) is 17.7. The zero-order valence-corrected chi connectivity index (χ0v) is 15.9. The average Bonchev–Trinajstić information content (AvgIpc) is 2.48. The lowest BCUT2D eigenvalue weighted by Gasteiger charge is -2.34. The third-order valence-corrected chi connectivity index (χ3v) is 4.35. The molecule has 1 aliphatic rings. The van der Waals surface area contributed by atoms with Crippen LogP contribution in [0.4, 0.5) is 5.69 Å². The number of carbonyl (C=O) groups excluding carboxylic acids is 1. The van der Waals surface area contributed by atoms with Gasteiger partial charge in [0.25, 0.3) is 5.91 Å². The van der Waals surface area contributed by atoms with E-state index in [-0.39, 0.29) is 11.4 Å². The molecule has 0 spiro atoms. The summed E-state index contributed by atoms with van der Waals surface area (Å²) in [6, 6.07) is 8.22. The molecular weight excluding hydrogens is 320 g/mol. The van der Waals surface area contributed by atoms with E-state index in [9.17, 15) is 4.79 Å². The van der Waals surface area contributed by atoms with Crippen molar-refractivity contribution in [1.29, 1.82) is 0 Å². The van der Waals surface area contributed by atoms with Crippen molar-refractivity contribution in [2.75, 3.05) is 38.0 Å². The minimum Gasteiger partial charge on any atom is -0.347 e. The predicted octanol–water partition coefficient (Wildman–Crippen LogP) is 0.807. The Balaban J connectivity index is 1.76. The molecule has 2 rings (SSSR count). The number of thiocarbonyl (C=S) groups is 1. The van der Waals surface area contributed by atoms with Crippen molar-refractivity contribution in [3.63, 3.8) is 0 Å². The van der Waals surface area contributed by atoms with Gasteiger partial charge in [-0.2, -0.15) is 0 Å². The summed E-state index contributed by atoms with van der Waals surface area (Å²) in [4.78, 5) is 15.5. The molecule has 0 bridgehead atoms. The first-order valence-electron chi connectivity index (χ1n) is 8.50. The molecule has 1 heterocycles. The standard InChI is InChI=1S/C18H28N4OS/c1-14-5-7-15(8-6-14)19-17(24)22-11-9-21(10-12-22)13-16(23)20-18(2,3)4/h5-8H,9-13H2,1-4H3,(H,19,24)(H,20,23)/p+1. The molecule has 0 aliphatic carbocycles. The Morgan fingerprint density at radius 1 is 1.21 bits per heavy atom. The number of nitrogens with one attached hydrogen (secondary N) is 3. The maximum absolute atomic E-state index is 12.0. The average molecular weight is 350 g/mol. The van der Waals surface area contributed by atoms with E-state index < -0.39 is 0 Å². The van der Waals surface area contributed by atoms with Crippen molar-refractivity contribution >= 4 is 28.9 Å². The summed E-state index contributed by atoms with van der Waals surface area (Å²) in [5.41, 5.74) is 2.08. The molecule has 132 valence electrons. The number of hydrogen-bond donors (Lipinski definition) is 3. The van der Waals surface area contributed by atoms with Gasteiger partial charge in [-0.15, -0.1) is 0 Å². The zero-order valence-electron chi connectivity index (χ0n) is 15.1. The van der Waals surface area contributed by atoms with Gasteiger partial charge in [-0.25, -0.2) is 0 Å². The first-order chi connectivity index (χ1) is 11.2. The van der Waals surface area contributed by atoms with E-state index in [0.717, 1.165) is 37.0 Å². The van der Waals surface area contributed by atoms with Crippen LogP contribution in [0.15, 0.2) is 24.3 Å². The molecule has 0 aromatic heterocycles. The van der Waals surface area contributed by atoms with Gasteiger partial charge in [0.05, 0.1) is 26.2 Å². The van der Waals surface area contributed by atoms with Gasteiger partial charge in [0, 0.05) is 11.2 Å². The Hall–Kier alpha value is -1.66. The number of benzene rings is 1. The van der Waals surface area contributed by atoms with E-state index in [4.69, 9.17) is 12.2 Å². The van der Waals surface area contributed by atoms with Crippen molar-refractivity contribution in [2.24, 2.45) is 0 Å². The number of aryl methyl sites for hydroxylation is 1. The van der Waals surface area contributed by atoms with Gasteiger partial charge in [-0.3, -0.25) is 4.79 Å². The fourth-order valence-electron chi connectivity index (χ4n) is 2.73. The van der Waals surface area contributed by atoms with Crippen LogP contribution in [0.2, 0.25) is 0 Å².